The molecule has 2 N–H and O–H groups in total. The van der Waals surface area contributed by atoms with Crippen LogP contribution >= 0.6 is 0 Å². The summed E-state index contributed by atoms with van der Waals surface area (Å²) in [6.07, 6.45) is 7.75. The monoisotopic (exact) mass is 503 g/mol. The molecule has 2 aromatic heterocycles. The van der Waals surface area contributed by atoms with Crippen LogP contribution in [0.1, 0.15) is 49.7 Å². The van der Waals surface area contributed by atoms with Gasteiger partial charge in [-0.25, -0.2) is 0 Å². The molecule has 1 aliphatic heterocycles. The summed E-state index contributed by atoms with van der Waals surface area (Å²) >= 11 is 0. The predicted molar refractivity (Wildman–Crippen MR) is 144 cm³/mol. The third-order valence-electron chi connectivity index (χ3n) is 7.79. The van der Waals surface area contributed by atoms with E-state index in [-0.39, 0.29) is 35.3 Å². The molecule has 1 aromatic carbocycles. The topological polar surface area (TPSA) is 88.4 Å². The Morgan fingerprint density at radius 2 is 1.97 bits per heavy atom. The Labute approximate surface area is 217 Å². The van der Waals surface area contributed by atoms with E-state index >= 15 is 0 Å². The zero-order valence-electron chi connectivity index (χ0n) is 21.8. The number of carbonyl (C=O) groups excluding carboxylic acids is 2. The van der Waals surface area contributed by atoms with Gasteiger partial charge in [0.05, 0.1) is 5.92 Å². The van der Waals surface area contributed by atoms with Crippen LogP contribution in [0, 0.1) is 5.92 Å². The van der Waals surface area contributed by atoms with Crippen molar-refractivity contribution in [3.63, 3.8) is 0 Å². The summed E-state index contributed by atoms with van der Waals surface area (Å²) in [7, 11) is 1.75. The second-order valence-electron chi connectivity index (χ2n) is 10.5. The number of amides is 2. The van der Waals surface area contributed by atoms with Crippen LogP contribution in [-0.4, -0.2) is 51.5 Å². The van der Waals surface area contributed by atoms with Gasteiger partial charge in [0.15, 0.2) is 0 Å². The van der Waals surface area contributed by atoms with Gasteiger partial charge in [-0.2, -0.15) is 0 Å². The molecule has 0 radical (unpaired) electrons. The molecule has 1 aliphatic carbocycles. The number of nitrogens with zero attached hydrogens (tertiary/aromatic N) is 3. The van der Waals surface area contributed by atoms with Gasteiger partial charge in [-0.1, -0.05) is 18.2 Å². The van der Waals surface area contributed by atoms with Gasteiger partial charge in [0.25, 0.3) is 5.56 Å². The van der Waals surface area contributed by atoms with Crippen molar-refractivity contribution >= 4 is 22.7 Å². The van der Waals surface area contributed by atoms with Crippen LogP contribution in [0.2, 0.25) is 0 Å². The molecule has 37 heavy (non-hydrogen) atoms. The number of aromatic nitrogens is 2. The molecular weight excluding hydrogens is 466 g/mol. The van der Waals surface area contributed by atoms with Gasteiger partial charge in [-0.05, 0) is 61.4 Å². The number of para-hydroxylation sites is 1. The first-order valence-electron chi connectivity index (χ1n) is 13.4. The van der Waals surface area contributed by atoms with Crippen molar-refractivity contribution in [2.45, 2.75) is 57.7 Å². The number of fused-ring (bicyclic) bond motifs is 1. The van der Waals surface area contributed by atoms with Crippen molar-refractivity contribution in [1.29, 1.82) is 0 Å². The lowest BCUT2D eigenvalue weighted by Crippen LogP contribution is -2.47. The predicted octanol–water partition coefficient (Wildman–Crippen LogP) is 2.75. The van der Waals surface area contributed by atoms with Gasteiger partial charge in [-0.15, -0.1) is 0 Å². The van der Waals surface area contributed by atoms with Crippen LogP contribution in [0.4, 0.5) is 0 Å². The number of nitrogens with one attached hydrogen (secondary N) is 2. The maximum Gasteiger partial charge on any atom is 0.250 e. The number of hydrogen-bond acceptors (Lipinski definition) is 4. The molecule has 2 amide bonds. The largest absolute Gasteiger partial charge is 0.356 e. The average molecular weight is 504 g/mol. The summed E-state index contributed by atoms with van der Waals surface area (Å²) in [6, 6.07) is 12.3. The van der Waals surface area contributed by atoms with Crippen molar-refractivity contribution in [2.75, 3.05) is 19.6 Å². The maximum atomic E-state index is 14.1. The fourth-order valence-corrected chi connectivity index (χ4v) is 5.63. The molecular formula is C29H37N5O3. The molecule has 8 nitrogen and oxygen atoms in total. The number of benzene rings is 1. The number of carbonyl (C=O) groups is 2. The number of rotatable bonds is 9. The Morgan fingerprint density at radius 3 is 2.73 bits per heavy atom. The van der Waals surface area contributed by atoms with Gasteiger partial charge in [0, 0.05) is 75.6 Å². The molecule has 8 heteroatoms. The first-order chi connectivity index (χ1) is 17.9. The first-order valence-corrected chi connectivity index (χ1v) is 13.4. The van der Waals surface area contributed by atoms with Crippen LogP contribution < -0.4 is 16.2 Å². The molecule has 3 heterocycles. The third-order valence-corrected chi connectivity index (χ3v) is 7.79. The Bertz CT molecular complexity index is 1340. The van der Waals surface area contributed by atoms with Crippen molar-refractivity contribution < 1.29 is 9.59 Å². The minimum atomic E-state index is -0.188. The van der Waals surface area contributed by atoms with Crippen LogP contribution in [0.3, 0.4) is 0 Å². The zero-order chi connectivity index (χ0) is 25.9. The molecule has 0 spiro atoms. The van der Waals surface area contributed by atoms with Crippen molar-refractivity contribution in [3.8, 4) is 0 Å². The molecule has 2 fully saturated rings. The van der Waals surface area contributed by atoms with Gasteiger partial charge < -0.3 is 24.7 Å². The molecule has 2 atom stereocenters. The number of hydrogen-bond donors (Lipinski definition) is 2. The minimum Gasteiger partial charge on any atom is -0.356 e. The highest BCUT2D eigenvalue weighted by molar-refractivity contribution is 5.85. The molecule has 5 rings (SSSR count). The molecule has 1 saturated heterocycles. The van der Waals surface area contributed by atoms with E-state index in [0.29, 0.717) is 19.6 Å². The number of pyridine rings is 1. The summed E-state index contributed by atoms with van der Waals surface area (Å²) in [5.41, 5.74) is 3.24. The summed E-state index contributed by atoms with van der Waals surface area (Å²) in [5, 5.41) is 7.47. The Morgan fingerprint density at radius 1 is 1.16 bits per heavy atom. The number of aryl methyl sites for hydroxylation is 2. The highest BCUT2D eigenvalue weighted by Gasteiger charge is 2.40. The zero-order valence-corrected chi connectivity index (χ0v) is 21.8. The smallest absolute Gasteiger partial charge is 0.250 e. The lowest BCUT2D eigenvalue weighted by Gasteiger charge is -2.35. The Balaban J connectivity index is 1.38. The average Bonchev–Trinajstić information content (AvgIpc) is 3.69. The summed E-state index contributed by atoms with van der Waals surface area (Å²) < 4.78 is 3.82. The Hall–Kier alpha value is -3.39. The first kappa shape index (κ1) is 25.3. The number of piperidine rings is 1. The van der Waals surface area contributed by atoms with E-state index in [0.717, 1.165) is 55.4 Å². The summed E-state index contributed by atoms with van der Waals surface area (Å²) in [6.45, 7) is 5.04. The molecule has 3 aromatic rings. The summed E-state index contributed by atoms with van der Waals surface area (Å²) in [4.78, 5) is 39.7. The van der Waals surface area contributed by atoms with Gasteiger partial charge in [0.2, 0.25) is 11.8 Å². The van der Waals surface area contributed by atoms with Gasteiger partial charge >= 0.3 is 0 Å². The lowest BCUT2D eigenvalue weighted by atomic mass is 9.80. The van der Waals surface area contributed by atoms with Crippen molar-refractivity contribution in [2.24, 2.45) is 13.0 Å². The second kappa shape index (κ2) is 10.9. The van der Waals surface area contributed by atoms with Crippen molar-refractivity contribution in [3.05, 3.63) is 70.3 Å². The van der Waals surface area contributed by atoms with Crippen LogP contribution in [0.5, 0.6) is 0 Å². The normalized spacial score (nSPS) is 19.6. The van der Waals surface area contributed by atoms with Gasteiger partial charge in [-0.3, -0.25) is 14.4 Å². The fraction of sp³-hybridized carbons (Fsp3) is 0.483. The van der Waals surface area contributed by atoms with Gasteiger partial charge in [0.1, 0.15) is 0 Å². The van der Waals surface area contributed by atoms with Crippen LogP contribution in [0.25, 0.3) is 10.9 Å². The third kappa shape index (κ3) is 5.64. The summed E-state index contributed by atoms with van der Waals surface area (Å²) in [5.74, 6) is 0.0253. The maximum absolute atomic E-state index is 14.1. The van der Waals surface area contributed by atoms with E-state index in [2.05, 4.69) is 38.4 Å². The molecule has 196 valence electrons. The lowest BCUT2D eigenvalue weighted by molar-refractivity contribution is -0.138. The van der Waals surface area contributed by atoms with E-state index in [1.54, 1.807) is 23.9 Å². The fourth-order valence-electron chi connectivity index (χ4n) is 5.63. The van der Waals surface area contributed by atoms with Crippen LogP contribution in [0.15, 0.2) is 53.6 Å². The van der Waals surface area contributed by atoms with E-state index in [1.807, 2.05) is 18.2 Å². The van der Waals surface area contributed by atoms with E-state index in [4.69, 9.17) is 0 Å². The minimum absolute atomic E-state index is 0.0111. The van der Waals surface area contributed by atoms with E-state index in [9.17, 15) is 14.4 Å². The quantitative estimate of drug-likeness (QED) is 0.440. The SMILES string of the molecule is CC(=O)NCCCn1cc(CN(C(=O)[C@@H]2CNCC[C@H]2c2ccn(C)c(=O)c2)C2CC2)c2ccccc21. The van der Waals surface area contributed by atoms with Crippen LogP contribution in [-0.2, 0) is 29.7 Å². The Kier molecular flexibility index (Phi) is 7.46. The highest BCUT2D eigenvalue weighted by Crippen LogP contribution is 2.36. The van der Waals surface area contributed by atoms with E-state index < -0.39 is 0 Å². The highest BCUT2D eigenvalue weighted by atomic mass is 16.2. The molecule has 0 unspecified atom stereocenters. The molecule has 2 aliphatic rings. The second-order valence-corrected chi connectivity index (χ2v) is 10.5. The molecule has 1 saturated carbocycles. The van der Waals surface area contributed by atoms with E-state index in [1.165, 1.54) is 12.3 Å². The standard InChI is InChI=1S/C29H37N5O3/c1-20(35)31-12-5-14-33-18-22(25-6-3-4-7-27(25)33)19-34(23-8-9-23)29(37)26-17-30-13-10-24(26)21-11-15-32(2)28(36)16-21/h3-4,6-7,11,15-16,18,23-24,26,30H,5,8-10,12-14,17,19H2,1-2H3,(H,31,35)/t24-,26+/m0/s1. The molecule has 0 bridgehead atoms. The van der Waals surface area contributed by atoms with Crippen molar-refractivity contribution in [1.82, 2.24) is 24.7 Å².